The summed E-state index contributed by atoms with van der Waals surface area (Å²) in [5.41, 5.74) is 0.557. The second-order valence-electron chi connectivity index (χ2n) is 4.15. The Morgan fingerprint density at radius 1 is 1.00 bits per heavy atom. The standard InChI is InChI=1S/C14H10O4/c1-3-4-8-6-10-12(16)13-9(5-7(2)17-13)11(15)14(10)18-8/h3-6H,1-2H3/b4-3+. The summed E-state index contributed by atoms with van der Waals surface area (Å²) in [5, 5.41) is 0. The van der Waals surface area contributed by atoms with Crippen molar-refractivity contribution < 1.29 is 18.4 Å². The molecule has 0 aromatic carbocycles. The van der Waals surface area contributed by atoms with Gasteiger partial charge in [0, 0.05) is 0 Å². The van der Waals surface area contributed by atoms with Crippen molar-refractivity contribution in [2.45, 2.75) is 13.8 Å². The Morgan fingerprint density at radius 2 is 1.61 bits per heavy atom. The van der Waals surface area contributed by atoms with E-state index in [0.717, 1.165) is 0 Å². The summed E-state index contributed by atoms with van der Waals surface area (Å²) < 4.78 is 10.7. The van der Waals surface area contributed by atoms with Crippen LogP contribution in [0.4, 0.5) is 0 Å². The maximum Gasteiger partial charge on any atom is 0.233 e. The largest absolute Gasteiger partial charge is 0.457 e. The van der Waals surface area contributed by atoms with Gasteiger partial charge < -0.3 is 8.83 Å². The topological polar surface area (TPSA) is 60.4 Å². The molecule has 0 amide bonds. The van der Waals surface area contributed by atoms with E-state index in [0.29, 0.717) is 11.5 Å². The van der Waals surface area contributed by atoms with Crippen molar-refractivity contribution in [1.82, 2.24) is 0 Å². The summed E-state index contributed by atoms with van der Waals surface area (Å²) in [7, 11) is 0. The van der Waals surface area contributed by atoms with Crippen molar-refractivity contribution in [2.75, 3.05) is 0 Å². The van der Waals surface area contributed by atoms with Gasteiger partial charge in [-0.2, -0.15) is 0 Å². The average molecular weight is 242 g/mol. The number of fused-ring (bicyclic) bond motifs is 2. The van der Waals surface area contributed by atoms with Crippen LogP contribution in [0.1, 0.15) is 50.7 Å². The smallest absolute Gasteiger partial charge is 0.233 e. The van der Waals surface area contributed by atoms with E-state index in [1.807, 2.05) is 6.92 Å². The minimum Gasteiger partial charge on any atom is -0.457 e. The fraction of sp³-hybridized carbons (Fsp3) is 0.143. The van der Waals surface area contributed by atoms with Gasteiger partial charge in [0.15, 0.2) is 11.5 Å². The van der Waals surface area contributed by atoms with Crippen molar-refractivity contribution in [3.63, 3.8) is 0 Å². The van der Waals surface area contributed by atoms with E-state index in [1.54, 1.807) is 31.2 Å². The molecule has 0 saturated carbocycles. The highest BCUT2D eigenvalue weighted by atomic mass is 16.4. The maximum absolute atomic E-state index is 12.2. The Bertz CT molecular complexity index is 646. The molecule has 0 radical (unpaired) electrons. The van der Waals surface area contributed by atoms with Gasteiger partial charge in [-0.15, -0.1) is 0 Å². The van der Waals surface area contributed by atoms with Gasteiger partial charge in [0.2, 0.25) is 11.6 Å². The number of ketones is 2. The van der Waals surface area contributed by atoms with E-state index in [4.69, 9.17) is 8.83 Å². The van der Waals surface area contributed by atoms with Crippen LogP contribution in [0.2, 0.25) is 0 Å². The molecule has 2 aromatic rings. The molecule has 0 atom stereocenters. The summed E-state index contributed by atoms with van der Waals surface area (Å²) in [6.45, 7) is 3.53. The highest BCUT2D eigenvalue weighted by molar-refractivity contribution is 6.26. The van der Waals surface area contributed by atoms with Gasteiger partial charge in [0.05, 0.1) is 11.1 Å². The van der Waals surface area contributed by atoms with E-state index in [2.05, 4.69) is 0 Å². The van der Waals surface area contributed by atoms with Crippen LogP contribution in [0.15, 0.2) is 27.0 Å². The molecule has 90 valence electrons. The van der Waals surface area contributed by atoms with E-state index >= 15 is 0 Å². The van der Waals surface area contributed by atoms with E-state index in [-0.39, 0.29) is 34.2 Å². The molecular formula is C14H10O4. The van der Waals surface area contributed by atoms with E-state index in [9.17, 15) is 9.59 Å². The molecule has 0 bridgehead atoms. The van der Waals surface area contributed by atoms with E-state index in [1.165, 1.54) is 0 Å². The van der Waals surface area contributed by atoms with Crippen LogP contribution in [-0.2, 0) is 0 Å². The minimum atomic E-state index is -0.299. The first-order valence-electron chi connectivity index (χ1n) is 5.58. The average Bonchev–Trinajstić information content (AvgIpc) is 2.91. The molecule has 0 unspecified atom stereocenters. The molecule has 18 heavy (non-hydrogen) atoms. The van der Waals surface area contributed by atoms with Crippen LogP contribution in [0.5, 0.6) is 0 Å². The second-order valence-corrected chi connectivity index (χ2v) is 4.15. The number of rotatable bonds is 1. The van der Waals surface area contributed by atoms with Crippen LogP contribution >= 0.6 is 0 Å². The Morgan fingerprint density at radius 3 is 2.28 bits per heavy atom. The first kappa shape index (κ1) is 10.8. The van der Waals surface area contributed by atoms with Gasteiger partial charge in [-0.3, -0.25) is 9.59 Å². The number of aryl methyl sites for hydroxylation is 1. The van der Waals surface area contributed by atoms with Crippen molar-refractivity contribution >= 4 is 17.6 Å². The molecule has 2 heterocycles. The second kappa shape index (κ2) is 3.57. The first-order valence-corrected chi connectivity index (χ1v) is 5.58. The minimum absolute atomic E-state index is 0.0985. The third-order valence-electron chi connectivity index (χ3n) is 2.84. The third kappa shape index (κ3) is 1.32. The SMILES string of the molecule is C/C=C/c1cc2c(o1)C(=O)c1cc(C)oc1C2=O. The van der Waals surface area contributed by atoms with E-state index < -0.39 is 0 Å². The van der Waals surface area contributed by atoms with Crippen molar-refractivity contribution in [1.29, 1.82) is 0 Å². The Hall–Kier alpha value is -2.36. The third-order valence-corrected chi connectivity index (χ3v) is 2.84. The Labute approximate surface area is 103 Å². The molecule has 0 fully saturated rings. The molecule has 4 nitrogen and oxygen atoms in total. The molecule has 2 aromatic heterocycles. The lowest BCUT2D eigenvalue weighted by Crippen LogP contribution is -2.16. The molecule has 0 spiro atoms. The monoisotopic (exact) mass is 242 g/mol. The van der Waals surface area contributed by atoms with Crippen LogP contribution in [0.25, 0.3) is 6.08 Å². The van der Waals surface area contributed by atoms with Gasteiger partial charge in [-0.25, -0.2) is 0 Å². The summed E-state index contributed by atoms with van der Waals surface area (Å²) in [6.07, 6.45) is 3.48. The van der Waals surface area contributed by atoms with Crippen LogP contribution in [-0.4, -0.2) is 11.6 Å². The fourth-order valence-electron chi connectivity index (χ4n) is 2.09. The highest BCUT2D eigenvalue weighted by Crippen LogP contribution is 2.31. The zero-order valence-corrected chi connectivity index (χ0v) is 9.94. The fourth-order valence-corrected chi connectivity index (χ4v) is 2.09. The number of furan rings is 2. The Balaban J connectivity index is 2.22. The zero-order valence-electron chi connectivity index (χ0n) is 9.94. The number of allylic oxidation sites excluding steroid dienone is 1. The number of hydrogen-bond acceptors (Lipinski definition) is 4. The molecule has 4 heteroatoms. The highest BCUT2D eigenvalue weighted by Gasteiger charge is 2.36. The number of carbonyl (C=O) groups excluding carboxylic acids is 2. The summed E-state index contributed by atoms with van der Waals surface area (Å²) >= 11 is 0. The molecule has 1 aliphatic carbocycles. The van der Waals surface area contributed by atoms with Gasteiger partial charge in [0.1, 0.15) is 11.5 Å². The lowest BCUT2D eigenvalue weighted by Gasteiger charge is -2.06. The lowest BCUT2D eigenvalue weighted by molar-refractivity contribution is 0.0943. The predicted octanol–water partition coefficient (Wildman–Crippen LogP) is 2.99. The molecule has 0 saturated heterocycles. The molecule has 3 rings (SSSR count). The zero-order chi connectivity index (χ0) is 12.9. The van der Waals surface area contributed by atoms with Gasteiger partial charge in [-0.1, -0.05) is 6.08 Å². The summed E-state index contributed by atoms with van der Waals surface area (Å²) in [4.78, 5) is 24.3. The molecule has 0 N–H and O–H groups in total. The van der Waals surface area contributed by atoms with Gasteiger partial charge >= 0.3 is 0 Å². The number of carbonyl (C=O) groups is 2. The van der Waals surface area contributed by atoms with Crippen LogP contribution in [0.3, 0.4) is 0 Å². The molecule has 0 aliphatic heterocycles. The normalized spacial score (nSPS) is 14.1. The van der Waals surface area contributed by atoms with Crippen molar-refractivity contribution in [3.8, 4) is 0 Å². The summed E-state index contributed by atoms with van der Waals surface area (Å²) in [5.74, 6) is 0.644. The van der Waals surface area contributed by atoms with Crippen LogP contribution in [0, 0.1) is 6.92 Å². The maximum atomic E-state index is 12.2. The predicted molar refractivity (Wildman–Crippen MR) is 63.7 cm³/mol. The quantitative estimate of drug-likeness (QED) is 0.658. The summed E-state index contributed by atoms with van der Waals surface area (Å²) in [6, 6.07) is 3.13. The first-order chi connectivity index (χ1) is 8.61. The molecular weight excluding hydrogens is 232 g/mol. The Kier molecular flexibility index (Phi) is 2.13. The van der Waals surface area contributed by atoms with Gasteiger partial charge in [-0.05, 0) is 32.1 Å². The van der Waals surface area contributed by atoms with Crippen LogP contribution < -0.4 is 0 Å². The lowest BCUT2D eigenvalue weighted by atomic mass is 9.94. The van der Waals surface area contributed by atoms with Gasteiger partial charge in [0.25, 0.3) is 0 Å². The van der Waals surface area contributed by atoms with Crippen molar-refractivity contribution in [2.24, 2.45) is 0 Å². The molecule has 1 aliphatic rings. The number of hydrogen-bond donors (Lipinski definition) is 0. The van der Waals surface area contributed by atoms with Crippen molar-refractivity contribution in [3.05, 3.63) is 52.4 Å².